The minimum atomic E-state index is 0.229. The summed E-state index contributed by atoms with van der Waals surface area (Å²) < 4.78 is 5.83. The molecule has 1 heteroatoms. The zero-order valence-electron chi connectivity index (χ0n) is 7.44. The molecule has 0 aromatic rings. The van der Waals surface area contributed by atoms with Crippen LogP contribution < -0.4 is 0 Å². The highest BCUT2D eigenvalue weighted by atomic mass is 16.5. The lowest BCUT2D eigenvalue weighted by atomic mass is 9.91. The zero-order chi connectivity index (χ0) is 7.90. The Morgan fingerprint density at radius 2 is 2.00 bits per heavy atom. The first-order chi connectivity index (χ1) is 5.20. The number of allylic oxidation sites excluding steroid dienone is 2. The van der Waals surface area contributed by atoms with Crippen LogP contribution in [0, 0.1) is 0 Å². The molecule has 2 aliphatic rings. The summed E-state index contributed by atoms with van der Waals surface area (Å²) in [7, 11) is 0. The Kier molecular flexibility index (Phi) is 1.48. The molecule has 0 radical (unpaired) electrons. The van der Waals surface area contributed by atoms with Crippen molar-refractivity contribution < 1.29 is 4.74 Å². The zero-order valence-corrected chi connectivity index (χ0v) is 7.44. The van der Waals surface area contributed by atoms with Gasteiger partial charge in [-0.3, -0.25) is 0 Å². The monoisotopic (exact) mass is 152 g/mol. The van der Waals surface area contributed by atoms with Gasteiger partial charge in [0, 0.05) is 0 Å². The smallest absolute Gasteiger partial charge is 0.106 e. The number of hydrogen-bond acceptors (Lipinski definition) is 1. The van der Waals surface area contributed by atoms with Crippen LogP contribution >= 0.6 is 0 Å². The summed E-state index contributed by atoms with van der Waals surface area (Å²) in [5.74, 6) is 1.22. The van der Waals surface area contributed by atoms with Gasteiger partial charge in [-0.05, 0) is 51.5 Å². The van der Waals surface area contributed by atoms with Gasteiger partial charge in [0.25, 0.3) is 0 Å². The van der Waals surface area contributed by atoms with Gasteiger partial charge in [0.2, 0.25) is 0 Å². The van der Waals surface area contributed by atoms with Crippen LogP contribution in [0.1, 0.15) is 46.0 Å². The molecule has 0 unspecified atom stereocenters. The lowest BCUT2D eigenvalue weighted by Gasteiger charge is -2.22. The van der Waals surface area contributed by atoms with Crippen molar-refractivity contribution in [3.05, 3.63) is 11.3 Å². The van der Waals surface area contributed by atoms with Crippen molar-refractivity contribution in [1.29, 1.82) is 0 Å². The van der Waals surface area contributed by atoms with Crippen LogP contribution in [-0.4, -0.2) is 5.60 Å². The SMILES string of the molecule is CC(OC1(C)CC1)=C1CCC1. The molecule has 0 saturated heterocycles. The Balaban J connectivity index is 1.94. The van der Waals surface area contributed by atoms with E-state index in [1.165, 1.54) is 37.9 Å². The van der Waals surface area contributed by atoms with E-state index in [-0.39, 0.29) is 5.60 Å². The Hall–Kier alpha value is -0.460. The first-order valence-electron chi connectivity index (χ1n) is 4.57. The van der Waals surface area contributed by atoms with Gasteiger partial charge in [-0.15, -0.1) is 0 Å². The van der Waals surface area contributed by atoms with E-state index >= 15 is 0 Å². The number of rotatable bonds is 2. The minimum absolute atomic E-state index is 0.229. The van der Waals surface area contributed by atoms with Crippen LogP contribution in [-0.2, 0) is 4.74 Å². The van der Waals surface area contributed by atoms with Gasteiger partial charge in [-0.1, -0.05) is 0 Å². The van der Waals surface area contributed by atoms with E-state index in [4.69, 9.17) is 4.74 Å². The minimum Gasteiger partial charge on any atom is -0.492 e. The lowest BCUT2D eigenvalue weighted by molar-refractivity contribution is 0.106. The molecule has 0 spiro atoms. The second-order valence-corrected chi connectivity index (χ2v) is 4.07. The predicted molar refractivity (Wildman–Crippen MR) is 45.3 cm³/mol. The molecule has 0 aromatic heterocycles. The summed E-state index contributed by atoms with van der Waals surface area (Å²) in [4.78, 5) is 0. The first kappa shape index (κ1) is 7.20. The van der Waals surface area contributed by atoms with Gasteiger partial charge >= 0.3 is 0 Å². The molecule has 2 aliphatic carbocycles. The number of ether oxygens (including phenoxy) is 1. The van der Waals surface area contributed by atoms with Crippen molar-refractivity contribution in [1.82, 2.24) is 0 Å². The molecule has 0 atom stereocenters. The fraction of sp³-hybridized carbons (Fsp3) is 0.800. The van der Waals surface area contributed by atoms with Gasteiger partial charge in [0.1, 0.15) is 5.60 Å². The lowest BCUT2D eigenvalue weighted by Crippen LogP contribution is -2.10. The molecule has 2 saturated carbocycles. The average Bonchev–Trinajstić information content (AvgIpc) is 2.41. The van der Waals surface area contributed by atoms with Crippen molar-refractivity contribution in [2.75, 3.05) is 0 Å². The maximum atomic E-state index is 5.83. The maximum Gasteiger partial charge on any atom is 0.106 e. The third-order valence-corrected chi connectivity index (χ3v) is 2.81. The second kappa shape index (κ2) is 2.26. The van der Waals surface area contributed by atoms with Crippen molar-refractivity contribution in [3.63, 3.8) is 0 Å². The standard InChI is InChI=1S/C10H16O/c1-8(9-4-3-5-9)11-10(2)6-7-10/h3-7H2,1-2H3. The van der Waals surface area contributed by atoms with Crippen LogP contribution in [0.25, 0.3) is 0 Å². The van der Waals surface area contributed by atoms with E-state index in [0.717, 1.165) is 0 Å². The summed E-state index contributed by atoms with van der Waals surface area (Å²) in [5.41, 5.74) is 1.78. The summed E-state index contributed by atoms with van der Waals surface area (Å²) >= 11 is 0. The van der Waals surface area contributed by atoms with Crippen LogP contribution in [0.3, 0.4) is 0 Å². The highest BCUT2D eigenvalue weighted by Gasteiger charge is 2.40. The third-order valence-electron chi connectivity index (χ3n) is 2.81. The molecule has 0 amide bonds. The largest absolute Gasteiger partial charge is 0.492 e. The van der Waals surface area contributed by atoms with Crippen molar-refractivity contribution >= 4 is 0 Å². The van der Waals surface area contributed by atoms with E-state index in [1.54, 1.807) is 5.57 Å². The highest BCUT2D eigenvalue weighted by molar-refractivity contribution is 5.14. The van der Waals surface area contributed by atoms with Crippen molar-refractivity contribution in [2.24, 2.45) is 0 Å². The Labute approximate surface area is 68.4 Å². The van der Waals surface area contributed by atoms with Gasteiger partial charge < -0.3 is 4.74 Å². The topological polar surface area (TPSA) is 9.23 Å². The van der Waals surface area contributed by atoms with E-state index in [9.17, 15) is 0 Å². The third kappa shape index (κ3) is 1.42. The fourth-order valence-corrected chi connectivity index (χ4v) is 1.43. The molecule has 1 nitrogen and oxygen atoms in total. The highest BCUT2D eigenvalue weighted by Crippen LogP contribution is 2.42. The van der Waals surface area contributed by atoms with E-state index < -0.39 is 0 Å². The first-order valence-corrected chi connectivity index (χ1v) is 4.57. The van der Waals surface area contributed by atoms with Crippen LogP contribution in [0.15, 0.2) is 11.3 Å². The Bertz CT molecular complexity index is 193. The Morgan fingerprint density at radius 3 is 2.36 bits per heavy atom. The predicted octanol–water partition coefficient (Wildman–Crippen LogP) is 3.01. The quantitative estimate of drug-likeness (QED) is 0.553. The molecule has 62 valence electrons. The molecule has 2 rings (SSSR count). The van der Waals surface area contributed by atoms with E-state index in [1.807, 2.05) is 0 Å². The van der Waals surface area contributed by atoms with Crippen molar-refractivity contribution in [3.8, 4) is 0 Å². The van der Waals surface area contributed by atoms with Crippen molar-refractivity contribution in [2.45, 2.75) is 51.6 Å². The fourth-order valence-electron chi connectivity index (χ4n) is 1.43. The molecular formula is C10H16O. The molecule has 0 heterocycles. The van der Waals surface area contributed by atoms with Crippen LogP contribution in [0.2, 0.25) is 0 Å². The maximum absolute atomic E-state index is 5.83. The average molecular weight is 152 g/mol. The molecule has 11 heavy (non-hydrogen) atoms. The Morgan fingerprint density at radius 1 is 1.36 bits per heavy atom. The molecule has 2 fully saturated rings. The van der Waals surface area contributed by atoms with Crippen LogP contribution in [0.5, 0.6) is 0 Å². The molecule has 0 aromatic carbocycles. The summed E-state index contributed by atoms with van der Waals surface area (Å²) in [6, 6.07) is 0. The molecule has 0 bridgehead atoms. The normalized spacial score (nSPS) is 25.8. The molecule has 0 N–H and O–H groups in total. The van der Waals surface area contributed by atoms with Gasteiger partial charge in [-0.2, -0.15) is 0 Å². The summed E-state index contributed by atoms with van der Waals surface area (Å²) in [5, 5.41) is 0. The number of hydrogen-bond donors (Lipinski definition) is 0. The molecule has 0 aliphatic heterocycles. The van der Waals surface area contributed by atoms with Gasteiger partial charge in [-0.25, -0.2) is 0 Å². The molecular weight excluding hydrogens is 136 g/mol. The second-order valence-electron chi connectivity index (χ2n) is 4.07. The van der Waals surface area contributed by atoms with Gasteiger partial charge in [0.15, 0.2) is 0 Å². The van der Waals surface area contributed by atoms with E-state index in [0.29, 0.717) is 0 Å². The summed E-state index contributed by atoms with van der Waals surface area (Å²) in [6.07, 6.45) is 6.42. The summed E-state index contributed by atoms with van der Waals surface area (Å²) in [6.45, 7) is 4.33. The van der Waals surface area contributed by atoms with Crippen LogP contribution in [0.4, 0.5) is 0 Å². The van der Waals surface area contributed by atoms with E-state index in [2.05, 4.69) is 13.8 Å². The van der Waals surface area contributed by atoms with Gasteiger partial charge in [0.05, 0.1) is 5.76 Å².